The number of ether oxygens (including phenoxy) is 2. The Bertz CT molecular complexity index is 441. The summed E-state index contributed by atoms with van der Waals surface area (Å²) in [6.07, 6.45) is 0.776. The molecule has 0 atom stereocenters. The Balaban J connectivity index is 2.99. The van der Waals surface area contributed by atoms with Gasteiger partial charge in [0.05, 0.1) is 11.5 Å². The van der Waals surface area contributed by atoms with Crippen molar-refractivity contribution in [3.8, 4) is 11.5 Å². The molecule has 1 aromatic rings. The highest BCUT2D eigenvalue weighted by Crippen LogP contribution is 2.36. The monoisotopic (exact) mass is 268 g/mol. The molecule has 106 valence electrons. The molecule has 0 amide bonds. The Kier molecular flexibility index (Phi) is 5.11. The van der Waals surface area contributed by atoms with Crippen LogP contribution in [0.15, 0.2) is 18.2 Å². The molecule has 0 fully saturated rings. The summed E-state index contributed by atoms with van der Waals surface area (Å²) >= 11 is 0. The number of nitrogens with two attached hydrogens (primary N) is 1. The van der Waals surface area contributed by atoms with Gasteiger partial charge in [0.25, 0.3) is 0 Å². The van der Waals surface area contributed by atoms with Gasteiger partial charge in [-0.1, -0.05) is 13.0 Å². The molecule has 0 aliphatic carbocycles. The second kappa shape index (κ2) is 6.38. The molecule has 0 aliphatic rings. The summed E-state index contributed by atoms with van der Waals surface area (Å²) in [6, 6.07) is 4.77. The van der Waals surface area contributed by atoms with E-state index in [9.17, 15) is 10.1 Å². The zero-order valence-corrected chi connectivity index (χ0v) is 11.5. The van der Waals surface area contributed by atoms with E-state index in [1.165, 1.54) is 0 Å². The quantitative estimate of drug-likeness (QED) is 0.606. The van der Waals surface area contributed by atoms with Crippen LogP contribution in [-0.4, -0.2) is 23.7 Å². The fraction of sp³-hybridized carbons (Fsp3) is 0.538. The normalized spacial score (nSPS) is 11.2. The Hall–Kier alpha value is -1.82. The summed E-state index contributed by atoms with van der Waals surface area (Å²) in [5.41, 5.74) is 5.09. The van der Waals surface area contributed by atoms with Gasteiger partial charge >= 0.3 is 5.69 Å². The van der Waals surface area contributed by atoms with Gasteiger partial charge < -0.3 is 15.2 Å². The average Bonchev–Trinajstić information content (AvgIpc) is 2.32. The van der Waals surface area contributed by atoms with Crippen LogP contribution >= 0.6 is 0 Å². The van der Waals surface area contributed by atoms with Gasteiger partial charge in [-0.05, 0) is 32.4 Å². The zero-order chi connectivity index (χ0) is 14.5. The highest BCUT2D eigenvalue weighted by molar-refractivity contribution is 5.57. The minimum atomic E-state index is -0.561. The average molecular weight is 268 g/mol. The number of rotatable bonds is 7. The molecule has 1 aromatic carbocycles. The third-order valence-electron chi connectivity index (χ3n) is 2.21. The van der Waals surface area contributed by atoms with E-state index in [1.807, 2.05) is 6.92 Å². The first-order chi connectivity index (χ1) is 8.85. The fourth-order valence-corrected chi connectivity index (χ4v) is 1.39. The van der Waals surface area contributed by atoms with Crippen molar-refractivity contribution >= 4 is 5.69 Å². The molecular formula is C13H20N2O4. The number of hydrogen-bond donors (Lipinski definition) is 1. The largest absolute Gasteiger partial charge is 0.487 e. The smallest absolute Gasteiger partial charge is 0.352 e. The molecule has 0 saturated carbocycles. The summed E-state index contributed by atoms with van der Waals surface area (Å²) in [6.45, 7) is 6.12. The van der Waals surface area contributed by atoms with Crippen LogP contribution in [0.25, 0.3) is 0 Å². The molecule has 19 heavy (non-hydrogen) atoms. The van der Waals surface area contributed by atoms with Crippen molar-refractivity contribution in [1.82, 2.24) is 0 Å². The lowest BCUT2D eigenvalue weighted by atomic mass is 10.1. The fourth-order valence-electron chi connectivity index (χ4n) is 1.39. The second-order valence-corrected chi connectivity index (χ2v) is 4.99. The molecule has 0 spiro atoms. The van der Waals surface area contributed by atoms with E-state index in [-0.39, 0.29) is 23.8 Å². The first-order valence-corrected chi connectivity index (χ1v) is 6.17. The van der Waals surface area contributed by atoms with Crippen molar-refractivity contribution in [2.75, 3.05) is 13.2 Å². The molecule has 0 aromatic heterocycles. The molecule has 6 nitrogen and oxygen atoms in total. The SMILES string of the molecule is CCCOc1cccc(OCC(C)(C)N)c1[N+](=O)[O-]. The lowest BCUT2D eigenvalue weighted by Crippen LogP contribution is -2.38. The van der Waals surface area contributed by atoms with Gasteiger partial charge in [-0.25, -0.2) is 0 Å². The van der Waals surface area contributed by atoms with Gasteiger partial charge in [0.1, 0.15) is 6.61 Å². The molecule has 0 unspecified atom stereocenters. The van der Waals surface area contributed by atoms with E-state index in [0.717, 1.165) is 6.42 Å². The lowest BCUT2D eigenvalue weighted by molar-refractivity contribution is -0.386. The van der Waals surface area contributed by atoms with Crippen molar-refractivity contribution in [1.29, 1.82) is 0 Å². The zero-order valence-electron chi connectivity index (χ0n) is 11.5. The van der Waals surface area contributed by atoms with Gasteiger partial charge in [-0.15, -0.1) is 0 Å². The Morgan fingerprint density at radius 3 is 2.37 bits per heavy atom. The van der Waals surface area contributed by atoms with Crippen LogP contribution < -0.4 is 15.2 Å². The van der Waals surface area contributed by atoms with E-state index in [0.29, 0.717) is 6.61 Å². The minimum absolute atomic E-state index is 0.153. The topological polar surface area (TPSA) is 87.6 Å². The molecule has 0 bridgehead atoms. The first kappa shape index (κ1) is 15.2. The van der Waals surface area contributed by atoms with Crippen molar-refractivity contribution in [3.63, 3.8) is 0 Å². The predicted octanol–water partition coefficient (Wildman–Crippen LogP) is 2.50. The molecular weight excluding hydrogens is 248 g/mol. The van der Waals surface area contributed by atoms with Gasteiger partial charge in [-0.2, -0.15) is 0 Å². The van der Waals surface area contributed by atoms with Gasteiger partial charge in [0, 0.05) is 5.54 Å². The molecule has 0 radical (unpaired) electrons. The second-order valence-electron chi connectivity index (χ2n) is 4.99. The first-order valence-electron chi connectivity index (χ1n) is 6.17. The van der Waals surface area contributed by atoms with Gasteiger partial charge in [0.15, 0.2) is 0 Å². The van der Waals surface area contributed by atoms with E-state index in [4.69, 9.17) is 15.2 Å². The third kappa shape index (κ3) is 4.75. The maximum Gasteiger partial charge on any atom is 0.352 e. The van der Waals surface area contributed by atoms with Crippen molar-refractivity contribution in [2.45, 2.75) is 32.7 Å². The highest BCUT2D eigenvalue weighted by Gasteiger charge is 2.23. The van der Waals surface area contributed by atoms with Crippen LogP contribution in [0.4, 0.5) is 5.69 Å². The van der Waals surface area contributed by atoms with Gasteiger partial charge in [0.2, 0.25) is 11.5 Å². The Morgan fingerprint density at radius 1 is 1.32 bits per heavy atom. The van der Waals surface area contributed by atoms with E-state index < -0.39 is 10.5 Å². The number of hydrogen-bond acceptors (Lipinski definition) is 5. The Labute approximate surface area is 112 Å². The summed E-state index contributed by atoms with van der Waals surface area (Å²) in [5.74, 6) is 0.399. The molecule has 2 N–H and O–H groups in total. The summed E-state index contributed by atoms with van der Waals surface area (Å²) in [5, 5.41) is 11.1. The molecule has 0 saturated heterocycles. The third-order valence-corrected chi connectivity index (χ3v) is 2.21. The van der Waals surface area contributed by atoms with Crippen LogP contribution in [0.1, 0.15) is 27.2 Å². The Morgan fingerprint density at radius 2 is 1.89 bits per heavy atom. The lowest BCUT2D eigenvalue weighted by Gasteiger charge is -2.19. The highest BCUT2D eigenvalue weighted by atomic mass is 16.6. The molecule has 6 heteroatoms. The number of benzene rings is 1. The van der Waals surface area contributed by atoms with Crippen LogP contribution in [0.3, 0.4) is 0 Å². The van der Waals surface area contributed by atoms with E-state index >= 15 is 0 Å². The maximum atomic E-state index is 11.1. The number of para-hydroxylation sites is 1. The van der Waals surface area contributed by atoms with Crippen LogP contribution in [0, 0.1) is 10.1 Å². The van der Waals surface area contributed by atoms with Crippen LogP contribution in [-0.2, 0) is 0 Å². The predicted molar refractivity (Wildman–Crippen MR) is 72.6 cm³/mol. The van der Waals surface area contributed by atoms with Gasteiger partial charge in [-0.3, -0.25) is 10.1 Å². The van der Waals surface area contributed by atoms with Crippen molar-refractivity contribution in [2.24, 2.45) is 5.73 Å². The summed E-state index contributed by atoms with van der Waals surface area (Å²) in [7, 11) is 0. The molecule has 0 aliphatic heterocycles. The number of nitrogens with zero attached hydrogens (tertiary/aromatic N) is 1. The standard InChI is InChI=1S/C13H20N2O4/c1-4-8-18-10-6-5-7-11(12(10)15(16)17)19-9-13(2,3)14/h5-7H,4,8-9,14H2,1-3H3. The number of nitro benzene ring substituents is 1. The minimum Gasteiger partial charge on any atom is -0.487 e. The van der Waals surface area contributed by atoms with Crippen molar-refractivity contribution < 1.29 is 14.4 Å². The molecule has 1 rings (SSSR count). The molecule has 0 heterocycles. The van der Waals surface area contributed by atoms with E-state index in [1.54, 1.807) is 32.0 Å². The van der Waals surface area contributed by atoms with E-state index in [2.05, 4.69) is 0 Å². The maximum absolute atomic E-state index is 11.1. The van der Waals surface area contributed by atoms with Crippen molar-refractivity contribution in [3.05, 3.63) is 28.3 Å². The van der Waals surface area contributed by atoms with Crippen LogP contribution in [0.2, 0.25) is 0 Å². The summed E-state index contributed by atoms with van der Waals surface area (Å²) < 4.78 is 10.8. The van der Waals surface area contributed by atoms with Crippen LogP contribution in [0.5, 0.6) is 11.5 Å². The number of nitro groups is 1. The summed E-state index contributed by atoms with van der Waals surface area (Å²) in [4.78, 5) is 10.6.